The molecule has 0 fully saturated rings. The van der Waals surface area contributed by atoms with Crippen LogP contribution in [0.5, 0.6) is 11.5 Å². The second-order valence-corrected chi connectivity index (χ2v) is 2.12. The van der Waals surface area contributed by atoms with E-state index in [0.717, 1.165) is 12.1 Å². The van der Waals surface area contributed by atoms with Crippen LogP contribution in [0.2, 0.25) is 0 Å². The fourth-order valence-corrected chi connectivity index (χ4v) is 0.886. The van der Waals surface area contributed by atoms with Crippen molar-refractivity contribution in [1.82, 2.24) is 0 Å². The Morgan fingerprint density at radius 1 is 1.08 bits per heavy atom. The molecule has 1 rings (SSSR count). The van der Waals surface area contributed by atoms with Gasteiger partial charge in [0.15, 0.2) is 17.3 Å². The van der Waals surface area contributed by atoms with Crippen LogP contribution in [0.3, 0.4) is 0 Å². The minimum atomic E-state index is -0.769. The average Bonchev–Trinajstić information content (AvgIpc) is 2.03. The molecule has 0 atom stereocenters. The van der Waals surface area contributed by atoms with Crippen molar-refractivity contribution >= 4 is 0 Å². The van der Waals surface area contributed by atoms with Gasteiger partial charge >= 0.3 is 0 Å². The number of rotatable bonds is 2. The van der Waals surface area contributed by atoms with E-state index in [0.29, 0.717) is 0 Å². The summed E-state index contributed by atoms with van der Waals surface area (Å²) in [5, 5.41) is 0. The second kappa shape index (κ2) is 3.38. The number of ether oxygens (including phenoxy) is 2. The molecule has 0 aliphatic rings. The third-order valence-corrected chi connectivity index (χ3v) is 1.40. The van der Waals surface area contributed by atoms with Gasteiger partial charge in [0.05, 0.1) is 14.2 Å². The molecule has 0 aliphatic carbocycles. The maximum Gasteiger partial charge on any atom is 0.197 e. The van der Waals surface area contributed by atoms with Gasteiger partial charge in [-0.2, -0.15) is 0 Å². The predicted octanol–water partition coefficient (Wildman–Crippen LogP) is 1.98. The molecule has 0 spiro atoms. The molecular formula is C8H8F2O2. The molecule has 4 heteroatoms. The number of hydrogen-bond donors (Lipinski definition) is 0. The monoisotopic (exact) mass is 174 g/mol. The van der Waals surface area contributed by atoms with E-state index in [-0.39, 0.29) is 11.5 Å². The first kappa shape index (κ1) is 8.77. The third-order valence-electron chi connectivity index (χ3n) is 1.40. The van der Waals surface area contributed by atoms with Gasteiger partial charge < -0.3 is 9.47 Å². The molecule has 2 nitrogen and oxygen atoms in total. The normalized spacial score (nSPS) is 9.67. The summed E-state index contributed by atoms with van der Waals surface area (Å²) in [7, 11) is 2.61. The molecule has 12 heavy (non-hydrogen) atoms. The Morgan fingerprint density at radius 2 is 1.75 bits per heavy atom. The number of benzene rings is 1. The van der Waals surface area contributed by atoms with E-state index in [1.807, 2.05) is 0 Å². The van der Waals surface area contributed by atoms with E-state index in [1.165, 1.54) is 14.2 Å². The summed E-state index contributed by atoms with van der Waals surface area (Å²) in [4.78, 5) is 0. The SMILES string of the molecule is COc1cc(F)cc(F)c1OC. The van der Waals surface area contributed by atoms with Gasteiger partial charge in [-0.25, -0.2) is 8.78 Å². The van der Waals surface area contributed by atoms with Crippen LogP contribution in [0.15, 0.2) is 12.1 Å². The van der Waals surface area contributed by atoms with E-state index in [2.05, 4.69) is 4.74 Å². The highest BCUT2D eigenvalue weighted by Crippen LogP contribution is 2.30. The number of methoxy groups -OCH3 is 2. The lowest BCUT2D eigenvalue weighted by Gasteiger charge is -2.07. The standard InChI is InChI=1S/C8H8F2O2/c1-11-7-4-5(9)3-6(10)8(7)12-2/h3-4H,1-2H3. The van der Waals surface area contributed by atoms with Gasteiger partial charge in [-0.05, 0) is 0 Å². The van der Waals surface area contributed by atoms with Crippen LogP contribution in [0.25, 0.3) is 0 Å². The van der Waals surface area contributed by atoms with Crippen LogP contribution in [0.4, 0.5) is 8.78 Å². The molecule has 0 aliphatic heterocycles. The maximum atomic E-state index is 12.9. The van der Waals surface area contributed by atoms with Crippen molar-refractivity contribution in [3.05, 3.63) is 23.8 Å². The highest BCUT2D eigenvalue weighted by molar-refractivity contribution is 5.41. The van der Waals surface area contributed by atoms with Gasteiger partial charge in [0.1, 0.15) is 5.82 Å². The Bertz CT molecular complexity index is 287. The largest absolute Gasteiger partial charge is 0.493 e. The fraction of sp³-hybridized carbons (Fsp3) is 0.250. The summed E-state index contributed by atoms with van der Waals surface area (Å²) < 4.78 is 34.8. The van der Waals surface area contributed by atoms with E-state index in [4.69, 9.17) is 4.74 Å². The molecule has 0 bridgehead atoms. The topological polar surface area (TPSA) is 18.5 Å². The van der Waals surface area contributed by atoms with Crippen LogP contribution >= 0.6 is 0 Å². The van der Waals surface area contributed by atoms with Gasteiger partial charge in [0.2, 0.25) is 0 Å². The molecule has 1 aromatic rings. The summed E-state index contributed by atoms with van der Waals surface area (Å²) in [5.74, 6) is -1.49. The Hall–Kier alpha value is -1.32. The van der Waals surface area contributed by atoms with E-state index >= 15 is 0 Å². The van der Waals surface area contributed by atoms with Crippen molar-refractivity contribution in [2.45, 2.75) is 0 Å². The summed E-state index contributed by atoms with van der Waals surface area (Å²) in [6.07, 6.45) is 0. The van der Waals surface area contributed by atoms with Crippen LogP contribution in [-0.2, 0) is 0 Å². The molecule has 0 N–H and O–H groups in total. The molecule has 66 valence electrons. The minimum absolute atomic E-state index is 0.0509. The zero-order valence-electron chi connectivity index (χ0n) is 6.73. The van der Waals surface area contributed by atoms with Crippen LogP contribution in [0, 0.1) is 11.6 Å². The first-order valence-corrected chi connectivity index (χ1v) is 3.26. The van der Waals surface area contributed by atoms with Crippen molar-refractivity contribution in [3.63, 3.8) is 0 Å². The van der Waals surface area contributed by atoms with Crippen LogP contribution < -0.4 is 9.47 Å². The van der Waals surface area contributed by atoms with Crippen molar-refractivity contribution < 1.29 is 18.3 Å². The molecule has 0 heterocycles. The lowest BCUT2D eigenvalue weighted by Crippen LogP contribution is -1.94. The van der Waals surface area contributed by atoms with Gasteiger partial charge in [-0.15, -0.1) is 0 Å². The highest BCUT2D eigenvalue weighted by atomic mass is 19.1. The molecule has 0 aromatic heterocycles. The zero-order chi connectivity index (χ0) is 9.14. The van der Waals surface area contributed by atoms with E-state index in [9.17, 15) is 8.78 Å². The van der Waals surface area contributed by atoms with E-state index < -0.39 is 11.6 Å². The number of halogens is 2. The van der Waals surface area contributed by atoms with Gasteiger partial charge in [0.25, 0.3) is 0 Å². The first-order valence-electron chi connectivity index (χ1n) is 3.26. The van der Waals surface area contributed by atoms with Gasteiger partial charge in [-0.1, -0.05) is 0 Å². The quantitative estimate of drug-likeness (QED) is 0.682. The predicted molar refractivity (Wildman–Crippen MR) is 39.5 cm³/mol. The van der Waals surface area contributed by atoms with E-state index in [1.54, 1.807) is 0 Å². The molecule has 0 saturated heterocycles. The molecule has 0 radical (unpaired) electrons. The first-order chi connectivity index (χ1) is 5.69. The summed E-state index contributed by atoms with van der Waals surface area (Å²) in [6.45, 7) is 0. The maximum absolute atomic E-state index is 12.9. The lowest BCUT2D eigenvalue weighted by molar-refractivity contribution is 0.334. The average molecular weight is 174 g/mol. The Labute approximate surface area is 68.7 Å². The molecule has 0 unspecified atom stereocenters. The molecule has 0 amide bonds. The zero-order valence-corrected chi connectivity index (χ0v) is 6.73. The number of hydrogen-bond acceptors (Lipinski definition) is 2. The van der Waals surface area contributed by atoms with Gasteiger partial charge in [-0.3, -0.25) is 0 Å². The Kier molecular flexibility index (Phi) is 2.47. The molecule has 0 saturated carbocycles. The second-order valence-electron chi connectivity index (χ2n) is 2.12. The molecule has 1 aromatic carbocycles. The van der Waals surface area contributed by atoms with Gasteiger partial charge in [0, 0.05) is 12.1 Å². The summed E-state index contributed by atoms with van der Waals surface area (Å²) >= 11 is 0. The summed E-state index contributed by atoms with van der Waals surface area (Å²) in [5.41, 5.74) is 0. The van der Waals surface area contributed by atoms with Crippen LogP contribution in [-0.4, -0.2) is 14.2 Å². The van der Waals surface area contributed by atoms with Crippen molar-refractivity contribution in [1.29, 1.82) is 0 Å². The smallest absolute Gasteiger partial charge is 0.197 e. The lowest BCUT2D eigenvalue weighted by atomic mass is 10.3. The van der Waals surface area contributed by atoms with Crippen molar-refractivity contribution in [3.8, 4) is 11.5 Å². The Morgan fingerprint density at radius 3 is 2.25 bits per heavy atom. The molecular weight excluding hydrogens is 166 g/mol. The fourth-order valence-electron chi connectivity index (χ4n) is 0.886. The van der Waals surface area contributed by atoms with Crippen molar-refractivity contribution in [2.24, 2.45) is 0 Å². The minimum Gasteiger partial charge on any atom is -0.493 e. The highest BCUT2D eigenvalue weighted by Gasteiger charge is 2.11. The Balaban J connectivity index is 3.24. The van der Waals surface area contributed by atoms with Crippen LogP contribution in [0.1, 0.15) is 0 Å². The third kappa shape index (κ3) is 1.47. The van der Waals surface area contributed by atoms with Crippen molar-refractivity contribution in [2.75, 3.05) is 14.2 Å². The summed E-state index contributed by atoms with van der Waals surface area (Å²) in [6, 6.07) is 1.79.